The Hall–Kier alpha value is -2.32. The molecule has 0 aliphatic heterocycles. The minimum absolute atomic E-state index is 0.0770. The zero-order chi connectivity index (χ0) is 15.9. The van der Waals surface area contributed by atoms with E-state index < -0.39 is 5.82 Å². The molecule has 0 unspecified atom stereocenters. The number of thioether (sulfide) groups is 1. The van der Waals surface area contributed by atoms with Crippen molar-refractivity contribution >= 4 is 23.4 Å². The lowest BCUT2D eigenvalue weighted by Gasteiger charge is -2.06. The molecule has 1 N–H and O–H groups in total. The highest BCUT2D eigenvalue weighted by atomic mass is 32.2. The average molecular weight is 314 g/mol. The van der Waals surface area contributed by atoms with Crippen LogP contribution in [-0.4, -0.2) is 11.7 Å². The Labute approximate surface area is 133 Å². The number of amides is 1. The molecule has 112 valence electrons. The van der Waals surface area contributed by atoms with Crippen LogP contribution in [0, 0.1) is 24.1 Å². The standard InChI is InChI=1S/C17H15FN2OS/c1-12-2-5-15(6-3-12)22-9-8-17(21)20-14-4-7-16(18)13(10-14)11-19/h2-7,10H,8-9H2,1H3,(H,20,21). The Morgan fingerprint density at radius 2 is 2.00 bits per heavy atom. The van der Waals surface area contributed by atoms with Gasteiger partial charge >= 0.3 is 0 Å². The van der Waals surface area contributed by atoms with E-state index in [0.29, 0.717) is 17.9 Å². The van der Waals surface area contributed by atoms with Crippen molar-refractivity contribution in [3.63, 3.8) is 0 Å². The van der Waals surface area contributed by atoms with Crippen molar-refractivity contribution in [3.05, 3.63) is 59.4 Å². The maximum Gasteiger partial charge on any atom is 0.225 e. The molecule has 0 aromatic heterocycles. The number of aryl methyl sites for hydroxylation is 1. The van der Waals surface area contributed by atoms with Crippen molar-refractivity contribution in [1.29, 1.82) is 5.26 Å². The van der Waals surface area contributed by atoms with Gasteiger partial charge in [0.2, 0.25) is 5.91 Å². The van der Waals surface area contributed by atoms with Gasteiger partial charge in [0, 0.05) is 22.8 Å². The fourth-order valence-corrected chi connectivity index (χ4v) is 2.66. The van der Waals surface area contributed by atoms with E-state index in [1.807, 2.05) is 31.2 Å². The van der Waals surface area contributed by atoms with E-state index in [4.69, 9.17) is 5.26 Å². The summed E-state index contributed by atoms with van der Waals surface area (Å²) < 4.78 is 13.2. The number of carbonyl (C=O) groups is 1. The normalized spacial score (nSPS) is 10.0. The summed E-state index contributed by atoms with van der Waals surface area (Å²) >= 11 is 1.60. The summed E-state index contributed by atoms with van der Waals surface area (Å²) in [5.41, 5.74) is 1.56. The van der Waals surface area contributed by atoms with Crippen molar-refractivity contribution < 1.29 is 9.18 Å². The van der Waals surface area contributed by atoms with Crippen LogP contribution >= 0.6 is 11.8 Å². The molecular formula is C17H15FN2OS. The van der Waals surface area contributed by atoms with E-state index in [1.54, 1.807) is 17.8 Å². The van der Waals surface area contributed by atoms with Crippen molar-refractivity contribution in [2.24, 2.45) is 0 Å². The van der Waals surface area contributed by atoms with E-state index in [2.05, 4.69) is 5.32 Å². The van der Waals surface area contributed by atoms with Crippen LogP contribution in [0.5, 0.6) is 0 Å². The third-order valence-electron chi connectivity index (χ3n) is 2.99. The molecule has 0 aliphatic carbocycles. The van der Waals surface area contributed by atoms with E-state index in [1.165, 1.54) is 23.8 Å². The lowest BCUT2D eigenvalue weighted by atomic mass is 10.2. The summed E-state index contributed by atoms with van der Waals surface area (Å²) in [5.74, 6) is -0.0909. The molecular weight excluding hydrogens is 299 g/mol. The smallest absolute Gasteiger partial charge is 0.225 e. The Morgan fingerprint density at radius 1 is 1.27 bits per heavy atom. The number of halogens is 1. The van der Waals surface area contributed by atoms with Gasteiger partial charge < -0.3 is 5.32 Å². The SMILES string of the molecule is Cc1ccc(SCCC(=O)Nc2ccc(F)c(C#N)c2)cc1. The first-order valence-electron chi connectivity index (χ1n) is 6.77. The van der Waals surface area contributed by atoms with E-state index >= 15 is 0 Å². The second-order valence-electron chi connectivity index (χ2n) is 4.77. The van der Waals surface area contributed by atoms with Crippen LogP contribution in [0.4, 0.5) is 10.1 Å². The predicted molar refractivity (Wildman–Crippen MR) is 86.3 cm³/mol. The minimum atomic E-state index is -0.588. The average Bonchev–Trinajstić information content (AvgIpc) is 2.51. The molecule has 3 nitrogen and oxygen atoms in total. The Morgan fingerprint density at radius 3 is 2.68 bits per heavy atom. The summed E-state index contributed by atoms with van der Waals surface area (Å²) in [6, 6.07) is 13.8. The number of nitrogens with one attached hydrogen (secondary N) is 1. The van der Waals surface area contributed by atoms with Crippen LogP contribution in [0.3, 0.4) is 0 Å². The Balaban J connectivity index is 1.83. The molecule has 0 spiro atoms. The van der Waals surface area contributed by atoms with Crippen LogP contribution < -0.4 is 5.32 Å². The van der Waals surface area contributed by atoms with Gasteiger partial charge in [-0.3, -0.25) is 4.79 Å². The maximum atomic E-state index is 13.2. The number of rotatable bonds is 5. The Kier molecular flexibility index (Phi) is 5.56. The number of nitriles is 1. The van der Waals surface area contributed by atoms with Gasteiger partial charge in [-0.1, -0.05) is 17.7 Å². The molecule has 0 aliphatic rings. The molecule has 2 aromatic carbocycles. The number of nitrogens with zero attached hydrogens (tertiary/aromatic N) is 1. The van der Waals surface area contributed by atoms with Gasteiger partial charge in [0.15, 0.2) is 0 Å². The van der Waals surface area contributed by atoms with Gasteiger partial charge in [-0.15, -0.1) is 11.8 Å². The van der Waals surface area contributed by atoms with Crippen LogP contribution in [0.2, 0.25) is 0 Å². The molecule has 0 radical (unpaired) electrons. The summed E-state index contributed by atoms with van der Waals surface area (Å²) in [4.78, 5) is 13.0. The molecule has 2 rings (SSSR count). The molecule has 2 aromatic rings. The summed E-state index contributed by atoms with van der Waals surface area (Å²) in [6.45, 7) is 2.03. The lowest BCUT2D eigenvalue weighted by molar-refractivity contribution is -0.115. The summed E-state index contributed by atoms with van der Waals surface area (Å²) in [7, 11) is 0. The third-order valence-corrected chi connectivity index (χ3v) is 4.00. The quantitative estimate of drug-likeness (QED) is 0.844. The first kappa shape index (κ1) is 16.1. The van der Waals surface area contributed by atoms with E-state index in [0.717, 1.165) is 4.90 Å². The van der Waals surface area contributed by atoms with Crippen molar-refractivity contribution in [2.45, 2.75) is 18.2 Å². The van der Waals surface area contributed by atoms with Gasteiger partial charge in [-0.25, -0.2) is 4.39 Å². The zero-order valence-corrected chi connectivity index (χ0v) is 12.9. The lowest BCUT2D eigenvalue weighted by Crippen LogP contribution is -2.12. The zero-order valence-electron chi connectivity index (χ0n) is 12.1. The molecule has 22 heavy (non-hydrogen) atoms. The first-order valence-corrected chi connectivity index (χ1v) is 7.76. The number of anilines is 1. The highest BCUT2D eigenvalue weighted by Crippen LogP contribution is 2.19. The van der Waals surface area contributed by atoms with Gasteiger partial charge in [-0.2, -0.15) is 5.26 Å². The summed E-state index contributed by atoms with van der Waals surface area (Å²) in [5, 5.41) is 11.4. The molecule has 0 bridgehead atoms. The van der Waals surface area contributed by atoms with Crippen LogP contribution in [0.25, 0.3) is 0 Å². The van der Waals surface area contributed by atoms with Crippen LogP contribution in [0.15, 0.2) is 47.4 Å². The van der Waals surface area contributed by atoms with Gasteiger partial charge in [0.05, 0.1) is 5.56 Å². The molecule has 0 saturated heterocycles. The largest absolute Gasteiger partial charge is 0.326 e. The third kappa shape index (κ3) is 4.61. The number of benzene rings is 2. The highest BCUT2D eigenvalue weighted by Gasteiger charge is 2.06. The predicted octanol–water partition coefficient (Wildman–Crippen LogP) is 4.13. The van der Waals surface area contributed by atoms with E-state index in [9.17, 15) is 9.18 Å². The topological polar surface area (TPSA) is 52.9 Å². The first-order chi connectivity index (χ1) is 10.6. The molecule has 0 saturated carbocycles. The summed E-state index contributed by atoms with van der Waals surface area (Å²) in [6.07, 6.45) is 0.345. The second kappa shape index (κ2) is 7.62. The molecule has 1 amide bonds. The number of carbonyl (C=O) groups excluding carboxylic acids is 1. The molecule has 5 heteroatoms. The van der Waals surface area contributed by atoms with E-state index in [-0.39, 0.29) is 11.5 Å². The number of hydrogen-bond donors (Lipinski definition) is 1. The minimum Gasteiger partial charge on any atom is -0.326 e. The number of hydrogen-bond acceptors (Lipinski definition) is 3. The molecule has 0 fully saturated rings. The van der Waals surface area contributed by atoms with Crippen LogP contribution in [-0.2, 0) is 4.79 Å². The van der Waals surface area contributed by atoms with Crippen molar-refractivity contribution in [2.75, 3.05) is 11.1 Å². The maximum absolute atomic E-state index is 13.2. The van der Waals surface area contributed by atoms with Gasteiger partial charge in [0.25, 0.3) is 0 Å². The van der Waals surface area contributed by atoms with Crippen molar-refractivity contribution in [1.82, 2.24) is 0 Å². The molecule has 0 atom stereocenters. The van der Waals surface area contributed by atoms with Crippen molar-refractivity contribution in [3.8, 4) is 6.07 Å². The Bertz CT molecular complexity index is 708. The van der Waals surface area contributed by atoms with Crippen LogP contribution in [0.1, 0.15) is 17.5 Å². The fourth-order valence-electron chi connectivity index (χ4n) is 1.81. The second-order valence-corrected chi connectivity index (χ2v) is 5.93. The highest BCUT2D eigenvalue weighted by molar-refractivity contribution is 7.99. The van der Waals surface area contributed by atoms with Gasteiger partial charge in [-0.05, 0) is 37.3 Å². The fraction of sp³-hybridized carbons (Fsp3) is 0.176. The monoisotopic (exact) mass is 314 g/mol. The molecule has 0 heterocycles. The van der Waals surface area contributed by atoms with Gasteiger partial charge in [0.1, 0.15) is 11.9 Å².